The Hall–Kier alpha value is -1.55. The molecule has 0 radical (unpaired) electrons. The Balaban J connectivity index is 1.72. The topological polar surface area (TPSA) is 38.8 Å². The molecule has 2 aliphatic carbocycles. The second-order valence-corrected chi connectivity index (χ2v) is 8.22. The van der Waals surface area contributed by atoms with Gasteiger partial charge in [0.05, 0.1) is 13.7 Å². The molecule has 0 N–H and O–H groups in total. The van der Waals surface area contributed by atoms with Crippen molar-refractivity contribution >= 4 is 5.97 Å². The Morgan fingerprint density at radius 2 is 2.19 bits per heavy atom. The quantitative estimate of drug-likeness (QED) is 0.770. The van der Waals surface area contributed by atoms with Gasteiger partial charge in [-0.15, -0.1) is 0 Å². The Morgan fingerprint density at radius 1 is 1.35 bits per heavy atom. The largest absolute Gasteiger partial charge is 0.497 e. The van der Waals surface area contributed by atoms with Crippen LogP contribution in [0.5, 0.6) is 5.75 Å². The van der Waals surface area contributed by atoms with Gasteiger partial charge in [0, 0.05) is 18.0 Å². The van der Waals surface area contributed by atoms with Crippen LogP contribution in [0, 0.1) is 5.92 Å². The van der Waals surface area contributed by atoms with E-state index in [-0.39, 0.29) is 17.4 Å². The van der Waals surface area contributed by atoms with Gasteiger partial charge in [0.2, 0.25) is 0 Å². The maximum atomic E-state index is 12.4. The van der Waals surface area contributed by atoms with E-state index in [2.05, 4.69) is 23.1 Å². The molecule has 2 bridgehead atoms. The molecule has 26 heavy (non-hydrogen) atoms. The maximum absolute atomic E-state index is 12.4. The number of piperidine rings is 1. The van der Waals surface area contributed by atoms with Crippen LogP contribution in [0.25, 0.3) is 0 Å². The molecule has 1 unspecified atom stereocenters. The summed E-state index contributed by atoms with van der Waals surface area (Å²) in [4.78, 5) is 14.9. The van der Waals surface area contributed by atoms with Crippen molar-refractivity contribution in [1.82, 2.24) is 4.90 Å². The first-order valence-electron chi connectivity index (χ1n) is 10.2. The van der Waals surface area contributed by atoms with E-state index in [0.717, 1.165) is 25.1 Å². The number of esters is 1. The van der Waals surface area contributed by atoms with Gasteiger partial charge < -0.3 is 9.47 Å². The van der Waals surface area contributed by atoms with Crippen molar-refractivity contribution in [1.29, 1.82) is 0 Å². The van der Waals surface area contributed by atoms with E-state index < -0.39 is 0 Å². The maximum Gasteiger partial charge on any atom is 0.323 e. The minimum atomic E-state index is -0.153. The zero-order valence-electron chi connectivity index (χ0n) is 16.3. The van der Waals surface area contributed by atoms with Crippen molar-refractivity contribution in [2.45, 2.75) is 69.9 Å². The smallest absolute Gasteiger partial charge is 0.323 e. The van der Waals surface area contributed by atoms with Gasteiger partial charge in [-0.25, -0.2) is 0 Å². The summed E-state index contributed by atoms with van der Waals surface area (Å²) >= 11 is 0. The lowest BCUT2D eigenvalue weighted by Crippen LogP contribution is -2.63. The number of rotatable bonds is 4. The van der Waals surface area contributed by atoms with Gasteiger partial charge in [0.15, 0.2) is 0 Å². The van der Waals surface area contributed by atoms with Gasteiger partial charge in [-0.2, -0.15) is 0 Å². The minimum absolute atomic E-state index is 0.0728. The number of carbonyl (C=O) groups is 1. The highest BCUT2D eigenvalue weighted by Crippen LogP contribution is 2.56. The zero-order chi connectivity index (χ0) is 18.3. The molecule has 1 saturated carbocycles. The summed E-state index contributed by atoms with van der Waals surface area (Å²) in [5.74, 6) is 1.54. The molecule has 3 aliphatic rings. The molecule has 0 spiro atoms. The third-order valence-electron chi connectivity index (χ3n) is 7.21. The number of ether oxygens (including phenoxy) is 2. The summed E-state index contributed by atoms with van der Waals surface area (Å²) in [7, 11) is 1.76. The standard InChI is InChI=1S/C22H31NO3/c1-4-26-21(24)15(2)23-12-11-22-10-6-5-7-18(22)20(23)13-16-8-9-17(25-3)14-19(16)22/h8-9,14-15,18,20H,4-7,10-13H2,1-3H3/t15?,18-,20+,22+/m0/s1. The summed E-state index contributed by atoms with van der Waals surface area (Å²) < 4.78 is 10.9. The molecular formula is C22H31NO3. The van der Waals surface area contributed by atoms with Crippen LogP contribution in [0.15, 0.2) is 18.2 Å². The monoisotopic (exact) mass is 357 g/mol. The number of methoxy groups -OCH3 is 1. The number of hydrogen-bond donors (Lipinski definition) is 0. The highest BCUT2D eigenvalue weighted by Gasteiger charge is 2.55. The summed E-state index contributed by atoms with van der Waals surface area (Å²) in [5, 5.41) is 0. The van der Waals surface area contributed by atoms with Crippen molar-refractivity contribution in [3.8, 4) is 5.75 Å². The molecule has 4 rings (SSSR count). The van der Waals surface area contributed by atoms with Crippen LogP contribution in [0.3, 0.4) is 0 Å². The number of nitrogens with zero attached hydrogens (tertiary/aromatic N) is 1. The molecule has 1 aliphatic heterocycles. The molecule has 1 aromatic carbocycles. The van der Waals surface area contributed by atoms with Crippen LogP contribution in [0.2, 0.25) is 0 Å². The van der Waals surface area contributed by atoms with Gasteiger partial charge in [-0.1, -0.05) is 18.9 Å². The van der Waals surface area contributed by atoms with Crippen LogP contribution < -0.4 is 4.74 Å². The first-order chi connectivity index (χ1) is 12.6. The third kappa shape index (κ3) is 2.65. The first-order valence-corrected chi connectivity index (χ1v) is 10.2. The third-order valence-corrected chi connectivity index (χ3v) is 7.21. The zero-order valence-corrected chi connectivity index (χ0v) is 16.3. The van der Waals surface area contributed by atoms with Gasteiger partial charge >= 0.3 is 5.97 Å². The number of benzene rings is 1. The van der Waals surface area contributed by atoms with Gasteiger partial charge in [-0.3, -0.25) is 9.69 Å². The Labute approximate surface area is 156 Å². The molecule has 4 nitrogen and oxygen atoms in total. The molecule has 0 amide bonds. The minimum Gasteiger partial charge on any atom is -0.497 e. The molecule has 1 heterocycles. The average molecular weight is 357 g/mol. The second-order valence-electron chi connectivity index (χ2n) is 8.22. The van der Waals surface area contributed by atoms with Crippen LogP contribution in [-0.4, -0.2) is 43.2 Å². The predicted octanol–water partition coefficient (Wildman–Crippen LogP) is 3.71. The highest BCUT2D eigenvalue weighted by molar-refractivity contribution is 5.75. The van der Waals surface area contributed by atoms with Crippen LogP contribution >= 0.6 is 0 Å². The van der Waals surface area contributed by atoms with E-state index in [9.17, 15) is 4.79 Å². The van der Waals surface area contributed by atoms with Crippen molar-refractivity contribution < 1.29 is 14.3 Å². The summed E-state index contributed by atoms with van der Waals surface area (Å²) in [6, 6.07) is 6.94. The van der Waals surface area contributed by atoms with Crippen LogP contribution in [0.4, 0.5) is 0 Å². The van der Waals surface area contributed by atoms with E-state index in [1.54, 1.807) is 7.11 Å². The number of likely N-dealkylation sites (tertiary alicyclic amines) is 1. The van der Waals surface area contributed by atoms with Crippen LogP contribution in [-0.2, 0) is 21.4 Å². The highest BCUT2D eigenvalue weighted by atomic mass is 16.5. The predicted molar refractivity (Wildman–Crippen MR) is 102 cm³/mol. The molecule has 1 aromatic rings. The molecule has 1 saturated heterocycles. The first kappa shape index (κ1) is 17.8. The molecule has 142 valence electrons. The van der Waals surface area contributed by atoms with Crippen molar-refractivity contribution in [2.24, 2.45) is 5.92 Å². The molecule has 4 heteroatoms. The van der Waals surface area contributed by atoms with Crippen molar-refractivity contribution in [3.63, 3.8) is 0 Å². The lowest BCUT2D eigenvalue weighted by Gasteiger charge is -2.59. The molecular weight excluding hydrogens is 326 g/mol. The number of hydrogen-bond acceptors (Lipinski definition) is 4. The second kappa shape index (κ2) is 6.88. The van der Waals surface area contributed by atoms with E-state index in [4.69, 9.17) is 9.47 Å². The molecule has 4 atom stereocenters. The fraction of sp³-hybridized carbons (Fsp3) is 0.682. The van der Waals surface area contributed by atoms with Gasteiger partial charge in [0.25, 0.3) is 0 Å². The fourth-order valence-electron chi connectivity index (χ4n) is 6.02. The van der Waals surface area contributed by atoms with E-state index in [0.29, 0.717) is 18.6 Å². The van der Waals surface area contributed by atoms with Crippen molar-refractivity contribution in [3.05, 3.63) is 29.3 Å². The van der Waals surface area contributed by atoms with Gasteiger partial charge in [-0.05, 0) is 68.7 Å². The van der Waals surface area contributed by atoms with Gasteiger partial charge in [0.1, 0.15) is 11.8 Å². The SMILES string of the molecule is CCOC(=O)C(C)N1CC[C@]23CCCC[C@H]2[C@H]1Cc1ccc(OC)cc13. The van der Waals surface area contributed by atoms with E-state index in [1.807, 2.05) is 13.8 Å². The lowest BCUT2D eigenvalue weighted by atomic mass is 9.52. The Kier molecular flexibility index (Phi) is 4.72. The molecule has 2 fully saturated rings. The van der Waals surface area contributed by atoms with E-state index >= 15 is 0 Å². The number of carbonyl (C=O) groups excluding carboxylic acids is 1. The lowest BCUT2D eigenvalue weighted by molar-refractivity contribution is -0.153. The average Bonchev–Trinajstić information content (AvgIpc) is 2.67. The number of fused-ring (bicyclic) bond motifs is 1. The Bertz CT molecular complexity index is 688. The van der Waals surface area contributed by atoms with E-state index in [1.165, 1.54) is 36.8 Å². The molecule has 0 aromatic heterocycles. The van der Waals surface area contributed by atoms with Crippen molar-refractivity contribution in [2.75, 3.05) is 20.3 Å². The normalized spacial score (nSPS) is 31.5. The Morgan fingerprint density at radius 3 is 2.96 bits per heavy atom. The summed E-state index contributed by atoms with van der Waals surface area (Å²) in [5.41, 5.74) is 3.26. The fourth-order valence-corrected chi connectivity index (χ4v) is 6.02. The van der Waals surface area contributed by atoms with Crippen LogP contribution in [0.1, 0.15) is 57.1 Å². The summed E-state index contributed by atoms with van der Waals surface area (Å²) in [6.45, 7) is 5.35. The summed E-state index contributed by atoms with van der Waals surface area (Å²) in [6.07, 6.45) is 7.34.